The van der Waals surface area contributed by atoms with Crippen molar-refractivity contribution in [1.29, 1.82) is 0 Å². The number of hydrogen-bond donors (Lipinski definition) is 0. The molecule has 0 heterocycles. The van der Waals surface area contributed by atoms with Crippen molar-refractivity contribution in [2.24, 2.45) is 0 Å². The second kappa shape index (κ2) is 9.08. The summed E-state index contributed by atoms with van der Waals surface area (Å²) in [6.45, 7) is 7.66. The van der Waals surface area contributed by atoms with Crippen molar-refractivity contribution in [3.05, 3.63) is 42.0 Å². The lowest BCUT2D eigenvalue weighted by atomic mass is 10.1. The van der Waals surface area contributed by atoms with E-state index in [4.69, 9.17) is 9.16 Å². The van der Waals surface area contributed by atoms with E-state index in [-0.39, 0.29) is 0 Å². The molecule has 3 heteroatoms. The third-order valence-electron chi connectivity index (χ3n) is 3.06. The van der Waals surface area contributed by atoms with Gasteiger partial charge < -0.3 is 9.16 Å². The summed E-state index contributed by atoms with van der Waals surface area (Å²) in [5, 5.41) is 0. The molecule has 18 heavy (non-hydrogen) atoms. The van der Waals surface area contributed by atoms with Gasteiger partial charge in [-0.3, -0.25) is 0 Å². The molecule has 100 valence electrons. The molecule has 0 radical (unpaired) electrons. The van der Waals surface area contributed by atoms with Gasteiger partial charge in [-0.1, -0.05) is 50.3 Å². The van der Waals surface area contributed by atoms with E-state index < -0.39 is 9.76 Å². The highest BCUT2D eigenvalue weighted by Crippen LogP contribution is 2.10. The van der Waals surface area contributed by atoms with Crippen LogP contribution in [0.15, 0.2) is 30.8 Å². The maximum absolute atomic E-state index is 5.85. The van der Waals surface area contributed by atoms with Gasteiger partial charge in [0, 0.05) is 20.3 Å². The van der Waals surface area contributed by atoms with Gasteiger partial charge in [0.25, 0.3) is 0 Å². The first kappa shape index (κ1) is 15.2. The smallest absolute Gasteiger partial charge is 0.166 e. The van der Waals surface area contributed by atoms with Gasteiger partial charge >= 0.3 is 0 Å². The zero-order valence-corrected chi connectivity index (χ0v) is 12.9. The predicted molar refractivity (Wildman–Crippen MR) is 80.7 cm³/mol. The fourth-order valence-corrected chi connectivity index (χ4v) is 3.05. The van der Waals surface area contributed by atoms with E-state index in [0.717, 1.165) is 26.1 Å². The van der Waals surface area contributed by atoms with Crippen molar-refractivity contribution in [3.63, 3.8) is 0 Å². The Morgan fingerprint density at radius 2 is 2.28 bits per heavy atom. The van der Waals surface area contributed by atoms with Crippen LogP contribution in [0.1, 0.15) is 24.5 Å². The van der Waals surface area contributed by atoms with Crippen LogP contribution in [0, 0.1) is 0 Å². The molecule has 1 rings (SSSR count). The molecule has 0 aromatic heterocycles. The molecule has 1 atom stereocenters. The molecule has 0 aliphatic carbocycles. The average molecular weight is 264 g/mol. The fraction of sp³-hybridized carbons (Fsp3) is 0.467. The van der Waals surface area contributed by atoms with Gasteiger partial charge in [0.05, 0.1) is 0 Å². The van der Waals surface area contributed by atoms with Crippen LogP contribution in [-0.2, 0) is 15.6 Å². The zero-order valence-electron chi connectivity index (χ0n) is 11.5. The summed E-state index contributed by atoms with van der Waals surface area (Å²) in [4.78, 5) is 0. The summed E-state index contributed by atoms with van der Waals surface area (Å²) in [6, 6.07) is 8.45. The van der Waals surface area contributed by atoms with Crippen molar-refractivity contribution >= 4 is 15.8 Å². The molecule has 2 nitrogen and oxygen atoms in total. The first-order valence-corrected chi connectivity index (χ1v) is 7.97. The topological polar surface area (TPSA) is 18.5 Å². The Kier molecular flexibility index (Phi) is 7.65. The van der Waals surface area contributed by atoms with Gasteiger partial charge in [0.15, 0.2) is 9.76 Å². The van der Waals surface area contributed by atoms with Crippen LogP contribution in [0.2, 0.25) is 5.54 Å². The van der Waals surface area contributed by atoms with Gasteiger partial charge in [-0.25, -0.2) is 0 Å². The number of rotatable bonds is 9. The molecule has 0 N–H and O–H groups in total. The van der Waals surface area contributed by atoms with Crippen molar-refractivity contribution in [1.82, 2.24) is 0 Å². The minimum Gasteiger partial charge on any atom is -0.423 e. The van der Waals surface area contributed by atoms with Crippen molar-refractivity contribution in [3.8, 4) is 0 Å². The molecule has 0 amide bonds. The maximum Gasteiger partial charge on any atom is 0.166 e. The van der Waals surface area contributed by atoms with Gasteiger partial charge in [-0.05, 0) is 23.1 Å². The van der Waals surface area contributed by atoms with Gasteiger partial charge in [0.2, 0.25) is 0 Å². The lowest BCUT2D eigenvalue weighted by molar-refractivity contribution is 0.187. The van der Waals surface area contributed by atoms with Crippen molar-refractivity contribution in [2.75, 3.05) is 20.3 Å². The Morgan fingerprint density at radius 3 is 2.94 bits per heavy atom. The molecule has 0 aliphatic heterocycles. The van der Waals surface area contributed by atoms with Crippen LogP contribution in [0.5, 0.6) is 0 Å². The van der Waals surface area contributed by atoms with Gasteiger partial charge in [0.1, 0.15) is 0 Å². The highest BCUT2D eigenvalue weighted by Gasteiger charge is 2.06. The fourth-order valence-electron chi connectivity index (χ4n) is 1.84. The second-order valence-corrected chi connectivity index (χ2v) is 6.40. The molecular formula is C15H24O2Si. The van der Waals surface area contributed by atoms with Crippen LogP contribution in [-0.4, -0.2) is 30.1 Å². The molecule has 0 saturated heterocycles. The lowest BCUT2D eigenvalue weighted by Gasteiger charge is -2.13. The summed E-state index contributed by atoms with van der Waals surface area (Å²) >= 11 is 0. The average Bonchev–Trinajstić information content (AvgIpc) is 2.42. The van der Waals surface area contributed by atoms with Crippen molar-refractivity contribution < 1.29 is 9.16 Å². The van der Waals surface area contributed by atoms with E-state index in [0.29, 0.717) is 5.54 Å². The number of hydrogen-bond acceptors (Lipinski definition) is 2. The van der Waals surface area contributed by atoms with Crippen LogP contribution in [0.25, 0.3) is 6.08 Å². The van der Waals surface area contributed by atoms with E-state index in [2.05, 4.69) is 37.8 Å². The molecule has 1 aromatic carbocycles. The highest BCUT2D eigenvalue weighted by atomic mass is 28.2. The Hall–Kier alpha value is -0.903. The molecule has 0 fully saturated rings. The van der Waals surface area contributed by atoms with Crippen LogP contribution >= 0.6 is 0 Å². The van der Waals surface area contributed by atoms with Gasteiger partial charge in [-0.2, -0.15) is 0 Å². The summed E-state index contributed by atoms with van der Waals surface area (Å²) in [5.74, 6) is 0. The Labute approximate surface area is 113 Å². The van der Waals surface area contributed by atoms with Crippen molar-refractivity contribution in [2.45, 2.75) is 25.3 Å². The normalized spacial score (nSPS) is 13.0. The highest BCUT2D eigenvalue weighted by molar-refractivity contribution is 6.29. The molecule has 1 unspecified atom stereocenters. The maximum atomic E-state index is 5.85. The lowest BCUT2D eigenvalue weighted by Crippen LogP contribution is -2.14. The Bertz CT molecular complexity index is 352. The van der Waals surface area contributed by atoms with Crippen LogP contribution in [0.3, 0.4) is 0 Å². The summed E-state index contributed by atoms with van der Waals surface area (Å²) < 4.78 is 11.0. The molecule has 0 bridgehead atoms. The zero-order chi connectivity index (χ0) is 13.2. The SMILES string of the molecule is C=Cc1cccc(CCO[SiH2]C(CC)COC)c1. The molecule has 0 spiro atoms. The molecular weight excluding hydrogens is 240 g/mol. The van der Waals surface area contributed by atoms with E-state index in [1.807, 2.05) is 6.08 Å². The standard InChI is InChI=1S/C15H24O2Si/c1-4-13-7-6-8-14(11-13)9-10-17-18-15(5-2)12-16-3/h4,6-8,11,15H,1,5,9-10,12,18H2,2-3H3. The van der Waals surface area contributed by atoms with E-state index in [1.165, 1.54) is 11.1 Å². The third kappa shape index (κ3) is 5.62. The minimum atomic E-state index is -0.462. The van der Waals surface area contributed by atoms with Crippen LogP contribution in [0.4, 0.5) is 0 Å². The summed E-state index contributed by atoms with van der Waals surface area (Å²) in [6.07, 6.45) is 4.02. The first-order chi connectivity index (χ1) is 8.80. The largest absolute Gasteiger partial charge is 0.423 e. The first-order valence-electron chi connectivity index (χ1n) is 6.58. The van der Waals surface area contributed by atoms with E-state index >= 15 is 0 Å². The van der Waals surface area contributed by atoms with Gasteiger partial charge in [-0.15, -0.1) is 0 Å². The monoisotopic (exact) mass is 264 g/mol. The molecule has 0 saturated carbocycles. The number of benzene rings is 1. The summed E-state index contributed by atoms with van der Waals surface area (Å²) in [5.41, 5.74) is 3.14. The van der Waals surface area contributed by atoms with E-state index in [1.54, 1.807) is 7.11 Å². The number of ether oxygens (including phenoxy) is 1. The van der Waals surface area contributed by atoms with Crippen LogP contribution < -0.4 is 0 Å². The molecule has 1 aromatic rings. The quantitative estimate of drug-likeness (QED) is 0.504. The van der Waals surface area contributed by atoms with E-state index in [9.17, 15) is 0 Å². The minimum absolute atomic E-state index is 0.462. The number of methoxy groups -OCH3 is 1. The predicted octanol–water partition coefficient (Wildman–Crippen LogP) is 2.82. The Morgan fingerprint density at radius 1 is 1.44 bits per heavy atom. The second-order valence-electron chi connectivity index (χ2n) is 4.50. The molecule has 0 aliphatic rings. The Balaban J connectivity index is 2.26. The summed E-state index contributed by atoms with van der Waals surface area (Å²) in [7, 11) is 1.30. The third-order valence-corrected chi connectivity index (χ3v) is 4.86.